The molecule has 25 heavy (non-hydrogen) atoms. The van der Waals surface area contributed by atoms with Crippen LogP contribution >= 0.6 is 12.2 Å². The van der Waals surface area contributed by atoms with Gasteiger partial charge in [-0.1, -0.05) is 0 Å². The molecule has 1 fully saturated rings. The van der Waals surface area contributed by atoms with Crippen molar-refractivity contribution in [2.45, 2.75) is 13.0 Å². The minimum absolute atomic E-state index is 0.249. The van der Waals surface area contributed by atoms with Gasteiger partial charge in [-0.05, 0) is 43.4 Å². The third-order valence-corrected chi connectivity index (χ3v) is 4.46. The number of carbonyl (C=O) groups is 1. The van der Waals surface area contributed by atoms with Gasteiger partial charge in [0.15, 0.2) is 4.77 Å². The van der Waals surface area contributed by atoms with Crippen LogP contribution < -0.4 is 0 Å². The maximum Gasteiger partial charge on any atom is 0.256 e. The van der Waals surface area contributed by atoms with Crippen LogP contribution in [0.4, 0.5) is 4.39 Å². The molecule has 1 aliphatic heterocycles. The van der Waals surface area contributed by atoms with Crippen molar-refractivity contribution in [2.75, 3.05) is 19.7 Å². The monoisotopic (exact) mass is 361 g/mol. The number of halogens is 1. The summed E-state index contributed by atoms with van der Waals surface area (Å²) < 4.78 is 25.6. The van der Waals surface area contributed by atoms with Crippen LogP contribution in [-0.4, -0.2) is 40.5 Å². The van der Waals surface area contributed by atoms with Crippen LogP contribution in [-0.2, 0) is 4.74 Å². The van der Waals surface area contributed by atoms with Crippen molar-refractivity contribution in [3.8, 4) is 0 Å². The van der Waals surface area contributed by atoms with Crippen molar-refractivity contribution in [3.63, 3.8) is 0 Å². The summed E-state index contributed by atoms with van der Waals surface area (Å²) in [5.74, 6) is 0.702. The number of imidazole rings is 1. The molecular weight excluding hydrogens is 345 g/mol. The van der Waals surface area contributed by atoms with E-state index in [1.807, 2.05) is 19.1 Å². The van der Waals surface area contributed by atoms with E-state index in [1.54, 1.807) is 4.90 Å². The van der Waals surface area contributed by atoms with Gasteiger partial charge in [-0.15, -0.1) is 0 Å². The number of H-pyrrole nitrogens is 2. The first-order valence-corrected chi connectivity index (χ1v) is 8.31. The number of nitrogens with one attached hydrogen (secondary N) is 2. The van der Waals surface area contributed by atoms with E-state index in [-0.39, 0.29) is 17.6 Å². The second-order valence-electron chi connectivity index (χ2n) is 6.01. The van der Waals surface area contributed by atoms with Crippen molar-refractivity contribution >= 4 is 29.2 Å². The molecule has 1 aromatic carbocycles. The number of benzene rings is 1. The number of aromatic amines is 2. The van der Waals surface area contributed by atoms with E-state index in [4.69, 9.17) is 21.4 Å². The minimum Gasteiger partial charge on any atom is -0.464 e. The third kappa shape index (κ3) is 2.98. The van der Waals surface area contributed by atoms with Crippen LogP contribution in [0.3, 0.4) is 0 Å². The zero-order chi connectivity index (χ0) is 17.6. The molecule has 0 saturated carbocycles. The van der Waals surface area contributed by atoms with Gasteiger partial charge in [0.1, 0.15) is 23.4 Å². The molecule has 6 nitrogen and oxygen atoms in total. The molecule has 2 aromatic heterocycles. The summed E-state index contributed by atoms with van der Waals surface area (Å²) in [6.45, 7) is 3.01. The lowest BCUT2D eigenvalue weighted by Crippen LogP contribution is -2.42. The normalized spacial score (nSPS) is 18.0. The second kappa shape index (κ2) is 6.12. The van der Waals surface area contributed by atoms with E-state index in [9.17, 15) is 9.18 Å². The van der Waals surface area contributed by atoms with E-state index < -0.39 is 5.82 Å². The molecule has 3 aromatic rings. The molecule has 2 N–H and O–H groups in total. The Morgan fingerprint density at radius 2 is 2.20 bits per heavy atom. The van der Waals surface area contributed by atoms with Crippen molar-refractivity contribution in [3.05, 3.63) is 51.9 Å². The zero-order valence-corrected chi connectivity index (χ0v) is 14.3. The summed E-state index contributed by atoms with van der Waals surface area (Å²) in [6.07, 6.45) is -0.333. The summed E-state index contributed by atoms with van der Waals surface area (Å²) in [4.78, 5) is 20.4. The summed E-state index contributed by atoms with van der Waals surface area (Å²) in [5.41, 5.74) is 1.23. The van der Waals surface area contributed by atoms with Crippen molar-refractivity contribution in [1.29, 1.82) is 0 Å². The van der Waals surface area contributed by atoms with E-state index in [0.29, 0.717) is 41.3 Å². The predicted octanol–water partition coefficient (Wildman–Crippen LogP) is 3.48. The summed E-state index contributed by atoms with van der Waals surface area (Å²) in [5, 5.41) is 0. The molecule has 1 unspecified atom stereocenters. The number of ether oxygens (including phenoxy) is 1. The molecule has 0 radical (unpaired) electrons. The Morgan fingerprint density at radius 1 is 1.36 bits per heavy atom. The van der Waals surface area contributed by atoms with Crippen LogP contribution in [0, 0.1) is 17.5 Å². The van der Waals surface area contributed by atoms with E-state index in [2.05, 4.69) is 9.97 Å². The number of nitrogens with zero attached hydrogens (tertiary/aromatic N) is 1. The van der Waals surface area contributed by atoms with Crippen LogP contribution in [0.25, 0.3) is 11.0 Å². The number of hydrogen-bond donors (Lipinski definition) is 2. The highest BCUT2D eigenvalue weighted by Gasteiger charge is 2.29. The SMILES string of the molecule is Cc1ccc(C2CN(C(=O)c3cc(F)cc4[nH]c(=S)[nH]c34)CCO2)o1. The Hall–Kier alpha value is -2.45. The number of morpholine rings is 1. The smallest absolute Gasteiger partial charge is 0.256 e. The lowest BCUT2D eigenvalue weighted by atomic mass is 10.1. The average molecular weight is 361 g/mol. The van der Waals surface area contributed by atoms with Gasteiger partial charge >= 0.3 is 0 Å². The number of fused-ring (bicyclic) bond motifs is 1. The number of amides is 1. The fourth-order valence-corrected chi connectivity index (χ4v) is 3.29. The fourth-order valence-electron chi connectivity index (χ4n) is 3.08. The van der Waals surface area contributed by atoms with E-state index in [1.165, 1.54) is 12.1 Å². The Bertz CT molecular complexity index is 1010. The second-order valence-corrected chi connectivity index (χ2v) is 6.42. The van der Waals surface area contributed by atoms with Crippen molar-refractivity contribution < 1.29 is 18.3 Å². The Balaban J connectivity index is 1.65. The molecule has 1 amide bonds. The molecule has 3 heterocycles. The van der Waals surface area contributed by atoms with E-state index in [0.717, 1.165) is 5.76 Å². The zero-order valence-electron chi connectivity index (χ0n) is 13.5. The van der Waals surface area contributed by atoms with Crippen LogP contribution in [0.2, 0.25) is 0 Å². The highest BCUT2D eigenvalue weighted by molar-refractivity contribution is 7.71. The van der Waals surface area contributed by atoms with Gasteiger partial charge in [-0.2, -0.15) is 0 Å². The van der Waals surface area contributed by atoms with Crippen molar-refractivity contribution in [1.82, 2.24) is 14.9 Å². The first-order valence-electron chi connectivity index (χ1n) is 7.90. The van der Waals surface area contributed by atoms with Gasteiger partial charge in [-0.3, -0.25) is 4.79 Å². The topological polar surface area (TPSA) is 74.3 Å². The maximum absolute atomic E-state index is 13.9. The first-order chi connectivity index (χ1) is 12.0. The number of aryl methyl sites for hydroxylation is 1. The summed E-state index contributed by atoms with van der Waals surface area (Å²) in [7, 11) is 0. The number of carbonyl (C=O) groups excluding carboxylic acids is 1. The van der Waals surface area contributed by atoms with Gasteiger partial charge in [0, 0.05) is 6.54 Å². The molecule has 1 saturated heterocycles. The maximum atomic E-state index is 13.9. The van der Waals surface area contributed by atoms with Crippen LogP contribution in [0.5, 0.6) is 0 Å². The highest BCUT2D eigenvalue weighted by Crippen LogP contribution is 2.26. The molecule has 4 rings (SSSR count). The molecule has 8 heteroatoms. The van der Waals surface area contributed by atoms with Crippen molar-refractivity contribution in [2.24, 2.45) is 0 Å². The van der Waals surface area contributed by atoms with E-state index >= 15 is 0 Å². The molecule has 0 spiro atoms. The predicted molar refractivity (Wildman–Crippen MR) is 91.5 cm³/mol. The van der Waals surface area contributed by atoms with Gasteiger partial charge in [-0.25, -0.2) is 4.39 Å². The lowest BCUT2D eigenvalue weighted by molar-refractivity contribution is -0.0323. The van der Waals surface area contributed by atoms with Gasteiger partial charge in [0.2, 0.25) is 0 Å². The summed E-state index contributed by atoms with van der Waals surface area (Å²) in [6, 6.07) is 6.24. The minimum atomic E-state index is -0.493. The number of hydrogen-bond acceptors (Lipinski definition) is 4. The third-order valence-electron chi connectivity index (χ3n) is 4.25. The Morgan fingerprint density at radius 3 is 2.96 bits per heavy atom. The number of rotatable bonds is 2. The molecule has 0 bridgehead atoms. The largest absolute Gasteiger partial charge is 0.464 e. The molecular formula is C17H16FN3O3S. The van der Waals surface area contributed by atoms with Gasteiger partial charge < -0.3 is 24.0 Å². The first kappa shape index (κ1) is 16.0. The molecule has 1 aliphatic rings. The standard InChI is InChI=1S/C17H16FN3O3S/c1-9-2-3-13(24-9)14-8-21(4-5-23-14)16(22)11-6-10(18)7-12-15(11)20-17(25)19-12/h2-3,6-7,14H,4-5,8H2,1H3,(H2,19,20,25). The summed E-state index contributed by atoms with van der Waals surface area (Å²) >= 11 is 5.05. The van der Waals surface area contributed by atoms with Gasteiger partial charge in [0.05, 0.1) is 29.7 Å². The quantitative estimate of drug-likeness (QED) is 0.686. The highest BCUT2D eigenvalue weighted by atomic mass is 32.1. The van der Waals surface area contributed by atoms with Gasteiger partial charge in [0.25, 0.3) is 5.91 Å². The lowest BCUT2D eigenvalue weighted by Gasteiger charge is -2.32. The molecule has 0 aliphatic carbocycles. The molecule has 130 valence electrons. The number of furan rings is 1. The Labute approximate surface area is 147 Å². The number of aromatic nitrogens is 2. The van der Waals surface area contributed by atoms with Crippen LogP contribution in [0.15, 0.2) is 28.7 Å². The fraction of sp³-hybridized carbons (Fsp3) is 0.294. The Kier molecular flexibility index (Phi) is 3.93. The van der Waals surface area contributed by atoms with Crippen LogP contribution in [0.1, 0.15) is 28.0 Å². The molecule has 1 atom stereocenters. The average Bonchev–Trinajstić information content (AvgIpc) is 3.18.